The predicted molar refractivity (Wildman–Crippen MR) is 116 cm³/mol. The summed E-state index contributed by atoms with van der Waals surface area (Å²) in [6.45, 7) is 18.1. The standard InChI is InChI=1S/C20H34Si3/c1-21(2,3)16-11-17-22(4,5)23(6,7)20-15-10-13-18-12-8-9-14-19(18)20/h8-10,12-15H,11,16-17H2,1-7H3. The van der Waals surface area contributed by atoms with Gasteiger partial charge in [0.25, 0.3) is 0 Å². The summed E-state index contributed by atoms with van der Waals surface area (Å²) in [4.78, 5) is 0. The van der Waals surface area contributed by atoms with Crippen LogP contribution in [0.2, 0.25) is 57.9 Å². The van der Waals surface area contributed by atoms with Crippen molar-refractivity contribution < 1.29 is 0 Å². The highest BCUT2D eigenvalue weighted by Gasteiger charge is 2.42. The second kappa shape index (κ2) is 6.69. The second-order valence-corrected chi connectivity index (χ2v) is 30.9. The maximum Gasteiger partial charge on any atom is 0.0747 e. The molecule has 2 rings (SSSR count). The van der Waals surface area contributed by atoms with E-state index in [2.05, 4.69) is 88.3 Å². The Morgan fingerprint density at radius 1 is 0.696 bits per heavy atom. The molecule has 0 aliphatic carbocycles. The van der Waals surface area contributed by atoms with E-state index in [-0.39, 0.29) is 0 Å². The van der Waals surface area contributed by atoms with Gasteiger partial charge in [-0.15, -0.1) is 0 Å². The van der Waals surface area contributed by atoms with Crippen LogP contribution >= 0.6 is 0 Å². The van der Waals surface area contributed by atoms with Crippen LogP contribution in [0.3, 0.4) is 0 Å². The lowest BCUT2D eigenvalue weighted by Gasteiger charge is -2.40. The van der Waals surface area contributed by atoms with E-state index in [0.29, 0.717) is 0 Å². The van der Waals surface area contributed by atoms with Gasteiger partial charge in [-0.25, -0.2) is 0 Å². The minimum absolute atomic E-state index is 0.901. The third-order valence-electron chi connectivity index (χ3n) is 5.88. The molecule has 23 heavy (non-hydrogen) atoms. The zero-order chi connectivity index (χ0) is 17.3. The smallest absolute Gasteiger partial charge is 0.0710 e. The molecule has 0 aliphatic rings. The Morgan fingerprint density at radius 2 is 1.30 bits per heavy atom. The van der Waals surface area contributed by atoms with Crippen molar-refractivity contribution in [3.05, 3.63) is 42.5 Å². The van der Waals surface area contributed by atoms with E-state index >= 15 is 0 Å². The van der Waals surface area contributed by atoms with E-state index < -0.39 is 23.3 Å². The number of hydrogen-bond acceptors (Lipinski definition) is 0. The minimum Gasteiger partial charge on any atom is -0.0710 e. The Bertz CT molecular complexity index is 661. The van der Waals surface area contributed by atoms with Gasteiger partial charge in [0.2, 0.25) is 0 Å². The number of benzene rings is 2. The topological polar surface area (TPSA) is 0 Å². The normalized spacial score (nSPS) is 13.5. The van der Waals surface area contributed by atoms with Crippen LogP contribution in [0.1, 0.15) is 6.42 Å². The molecule has 0 heterocycles. The Labute approximate surface area is 146 Å². The van der Waals surface area contributed by atoms with E-state index in [4.69, 9.17) is 0 Å². The lowest BCUT2D eigenvalue weighted by atomic mass is 10.1. The first-order valence-corrected chi connectivity index (χ1v) is 19.9. The summed E-state index contributed by atoms with van der Waals surface area (Å²) in [7, 11) is -3.54. The van der Waals surface area contributed by atoms with Crippen LogP contribution in [0, 0.1) is 0 Å². The van der Waals surface area contributed by atoms with Crippen LogP contribution in [0.5, 0.6) is 0 Å². The lowest BCUT2D eigenvalue weighted by Crippen LogP contribution is -2.63. The molecule has 3 heteroatoms. The van der Waals surface area contributed by atoms with Crippen LogP contribution in [0.4, 0.5) is 0 Å². The molecule has 0 N–H and O–H groups in total. The number of rotatable bonds is 6. The van der Waals surface area contributed by atoms with Gasteiger partial charge in [0, 0.05) is 15.7 Å². The van der Waals surface area contributed by atoms with E-state index in [1.165, 1.54) is 29.3 Å². The maximum atomic E-state index is 2.66. The predicted octanol–water partition coefficient (Wildman–Crippen LogP) is 6.27. The SMILES string of the molecule is C[Si](C)(C)CCC[Si](C)(C)[Si](C)(C)c1cccc2ccccc12. The summed E-state index contributed by atoms with van der Waals surface area (Å²) in [5.41, 5.74) is 0. The van der Waals surface area contributed by atoms with Gasteiger partial charge in [-0.2, -0.15) is 0 Å². The monoisotopic (exact) mass is 358 g/mol. The fourth-order valence-electron chi connectivity index (χ4n) is 3.51. The van der Waals surface area contributed by atoms with Gasteiger partial charge in [0.15, 0.2) is 0 Å². The van der Waals surface area contributed by atoms with Crippen LogP contribution in [0.25, 0.3) is 10.8 Å². The van der Waals surface area contributed by atoms with Gasteiger partial charge < -0.3 is 0 Å². The van der Waals surface area contributed by atoms with Crippen molar-refractivity contribution in [1.29, 1.82) is 0 Å². The van der Waals surface area contributed by atoms with Crippen molar-refractivity contribution in [2.24, 2.45) is 0 Å². The molecule has 0 spiro atoms. The molecule has 0 radical (unpaired) electrons. The third-order valence-corrected chi connectivity index (χ3v) is 26.2. The first kappa shape index (κ1) is 18.7. The van der Waals surface area contributed by atoms with E-state index in [1.54, 1.807) is 5.19 Å². The third kappa shape index (κ3) is 4.25. The van der Waals surface area contributed by atoms with Gasteiger partial charge in [0.05, 0.1) is 7.59 Å². The van der Waals surface area contributed by atoms with Crippen LogP contribution in [-0.4, -0.2) is 23.3 Å². The molecule has 0 unspecified atom stereocenters. The summed E-state index contributed by atoms with van der Waals surface area (Å²) < 4.78 is 0. The van der Waals surface area contributed by atoms with Crippen molar-refractivity contribution in [2.45, 2.75) is 64.3 Å². The first-order valence-electron chi connectivity index (χ1n) is 9.03. The molecule has 0 nitrogen and oxygen atoms in total. The molecule has 0 amide bonds. The zero-order valence-electron chi connectivity index (χ0n) is 16.2. The van der Waals surface area contributed by atoms with E-state index in [9.17, 15) is 0 Å². The van der Waals surface area contributed by atoms with Gasteiger partial charge in [-0.1, -0.05) is 112 Å². The van der Waals surface area contributed by atoms with Crippen molar-refractivity contribution >= 4 is 39.2 Å². The molecule has 0 bridgehead atoms. The maximum absolute atomic E-state index is 2.66. The molecule has 126 valence electrons. The first-order chi connectivity index (χ1) is 10.5. The average molecular weight is 359 g/mol. The largest absolute Gasteiger partial charge is 0.0747 e. The van der Waals surface area contributed by atoms with E-state index in [0.717, 1.165) is 0 Å². The molecule has 2 aromatic carbocycles. The van der Waals surface area contributed by atoms with Gasteiger partial charge in [-0.05, 0) is 10.8 Å². The Kier molecular flexibility index (Phi) is 5.44. The van der Waals surface area contributed by atoms with Gasteiger partial charge >= 0.3 is 0 Å². The minimum atomic E-state index is -1.41. The summed E-state index contributed by atoms with van der Waals surface area (Å²) >= 11 is 0. The fraction of sp³-hybridized carbons (Fsp3) is 0.500. The fourth-order valence-corrected chi connectivity index (χ4v) is 14.2. The molecule has 2 aromatic rings. The summed E-state index contributed by atoms with van der Waals surface area (Å²) in [5.74, 6) is 0. The average Bonchev–Trinajstić information content (AvgIpc) is 2.44. The zero-order valence-corrected chi connectivity index (χ0v) is 19.2. The molecule has 0 saturated carbocycles. The van der Waals surface area contributed by atoms with Crippen molar-refractivity contribution in [3.63, 3.8) is 0 Å². The summed E-state index contributed by atoms with van der Waals surface area (Å²) in [6, 6.07) is 18.9. The quantitative estimate of drug-likeness (QED) is 0.534. The highest BCUT2D eigenvalue weighted by atomic mass is 29.3. The highest BCUT2D eigenvalue weighted by molar-refractivity contribution is 7.46. The van der Waals surface area contributed by atoms with E-state index in [1.807, 2.05) is 0 Å². The van der Waals surface area contributed by atoms with Crippen LogP contribution in [-0.2, 0) is 0 Å². The van der Waals surface area contributed by atoms with Crippen LogP contribution in [0.15, 0.2) is 42.5 Å². The van der Waals surface area contributed by atoms with Crippen LogP contribution < -0.4 is 5.19 Å². The Morgan fingerprint density at radius 3 is 1.96 bits per heavy atom. The van der Waals surface area contributed by atoms with Gasteiger partial charge in [-0.3, -0.25) is 0 Å². The van der Waals surface area contributed by atoms with Crippen molar-refractivity contribution in [1.82, 2.24) is 0 Å². The van der Waals surface area contributed by atoms with Gasteiger partial charge in [0.1, 0.15) is 0 Å². The molecular weight excluding hydrogens is 324 g/mol. The summed E-state index contributed by atoms with van der Waals surface area (Å²) in [5, 5.41) is 4.62. The molecule has 0 fully saturated rings. The molecule has 0 atom stereocenters. The lowest BCUT2D eigenvalue weighted by molar-refractivity contribution is 1.02. The Balaban J connectivity index is 2.31. The highest BCUT2D eigenvalue weighted by Crippen LogP contribution is 2.29. The second-order valence-electron chi connectivity index (χ2n) is 9.45. The molecule has 0 aromatic heterocycles. The number of fused-ring (bicyclic) bond motifs is 1. The summed E-state index contributed by atoms with van der Waals surface area (Å²) in [6.07, 6.45) is 1.45. The van der Waals surface area contributed by atoms with Crippen molar-refractivity contribution in [3.8, 4) is 0 Å². The molecule has 0 saturated heterocycles. The van der Waals surface area contributed by atoms with Crippen molar-refractivity contribution in [2.75, 3.05) is 0 Å². The molecular formula is C20H34Si3. The number of hydrogen-bond donors (Lipinski definition) is 0. The Hall–Kier alpha value is -0.649. The molecule has 0 aliphatic heterocycles.